The molecule has 3 rings (SSSR count). The average molecular weight is 305 g/mol. The number of hydrogen-bond acceptors (Lipinski definition) is 3. The molecule has 0 spiro atoms. The molecule has 0 amide bonds. The van der Waals surface area contributed by atoms with E-state index in [2.05, 4.69) is 20.9 Å². The molecule has 90 valence electrons. The molecule has 0 atom stereocenters. The summed E-state index contributed by atoms with van der Waals surface area (Å²) in [7, 11) is 0. The van der Waals surface area contributed by atoms with E-state index in [1.54, 1.807) is 18.6 Å². The van der Waals surface area contributed by atoms with Crippen LogP contribution >= 0.6 is 15.9 Å². The van der Waals surface area contributed by atoms with E-state index < -0.39 is 0 Å². The number of rotatable bonds is 2. The van der Waals surface area contributed by atoms with Crippen molar-refractivity contribution in [3.8, 4) is 0 Å². The summed E-state index contributed by atoms with van der Waals surface area (Å²) in [5, 5.41) is 0.928. The maximum atomic E-state index is 11.5. The molecule has 0 saturated heterocycles. The molecule has 2 heterocycles. The van der Waals surface area contributed by atoms with Crippen LogP contribution < -0.4 is 5.63 Å². The number of imidazole rings is 1. The quantitative estimate of drug-likeness (QED) is 0.684. The fourth-order valence-electron chi connectivity index (χ4n) is 1.91. The molecule has 0 aliphatic heterocycles. The molecule has 0 N–H and O–H groups in total. The Morgan fingerprint density at radius 3 is 3.00 bits per heavy atom. The molecular weight excluding hydrogens is 296 g/mol. The lowest BCUT2D eigenvalue weighted by Gasteiger charge is -2.06. The highest BCUT2D eigenvalue weighted by atomic mass is 79.9. The van der Waals surface area contributed by atoms with Crippen molar-refractivity contribution in [2.75, 3.05) is 0 Å². The summed E-state index contributed by atoms with van der Waals surface area (Å²) in [6.45, 7) is 0.596. The maximum absolute atomic E-state index is 11.5. The summed E-state index contributed by atoms with van der Waals surface area (Å²) < 4.78 is 8.04. The Balaban J connectivity index is 2.20. The van der Waals surface area contributed by atoms with Crippen molar-refractivity contribution in [3.63, 3.8) is 0 Å². The van der Waals surface area contributed by atoms with Crippen molar-refractivity contribution in [3.05, 3.63) is 63.4 Å². The third kappa shape index (κ3) is 2.09. The van der Waals surface area contributed by atoms with E-state index in [0.29, 0.717) is 12.1 Å². The Kier molecular flexibility index (Phi) is 2.76. The normalized spacial score (nSPS) is 10.9. The molecule has 0 unspecified atom stereocenters. The van der Waals surface area contributed by atoms with Gasteiger partial charge in [0.05, 0.1) is 6.33 Å². The summed E-state index contributed by atoms with van der Waals surface area (Å²) in [5.74, 6) is 0. The number of aromatic nitrogens is 2. The Morgan fingerprint density at radius 1 is 1.33 bits per heavy atom. The average Bonchev–Trinajstić information content (AvgIpc) is 2.83. The SMILES string of the molecule is O=c1cc(Cn2ccnc2)c2cc(Br)ccc2o1. The van der Waals surface area contributed by atoms with E-state index in [1.165, 1.54) is 6.07 Å². The number of halogens is 1. The van der Waals surface area contributed by atoms with Gasteiger partial charge < -0.3 is 8.98 Å². The lowest BCUT2D eigenvalue weighted by atomic mass is 10.1. The molecule has 3 aromatic rings. The molecule has 4 nitrogen and oxygen atoms in total. The molecular formula is C13H9BrN2O2. The molecule has 0 radical (unpaired) electrons. The monoisotopic (exact) mass is 304 g/mol. The minimum Gasteiger partial charge on any atom is -0.423 e. The van der Waals surface area contributed by atoms with Crippen LogP contribution in [0.5, 0.6) is 0 Å². The fourth-order valence-corrected chi connectivity index (χ4v) is 2.27. The van der Waals surface area contributed by atoms with Crippen LogP contribution in [0.2, 0.25) is 0 Å². The Hall–Kier alpha value is -1.88. The van der Waals surface area contributed by atoms with E-state index in [4.69, 9.17) is 4.42 Å². The molecule has 2 aromatic heterocycles. The number of nitrogens with zero attached hydrogens (tertiary/aromatic N) is 2. The largest absolute Gasteiger partial charge is 0.423 e. The standard InChI is InChI=1S/C13H9BrN2O2/c14-10-1-2-12-11(6-10)9(5-13(17)18-12)7-16-4-3-15-8-16/h1-6,8H,7H2. The molecule has 0 aliphatic carbocycles. The van der Waals surface area contributed by atoms with Crippen LogP contribution in [0.25, 0.3) is 11.0 Å². The predicted molar refractivity (Wildman–Crippen MR) is 71.5 cm³/mol. The van der Waals surface area contributed by atoms with Crippen LogP contribution in [0.4, 0.5) is 0 Å². The second-order valence-electron chi connectivity index (χ2n) is 3.97. The van der Waals surface area contributed by atoms with Gasteiger partial charge in [-0.15, -0.1) is 0 Å². The van der Waals surface area contributed by atoms with Gasteiger partial charge in [-0.05, 0) is 23.8 Å². The number of fused-ring (bicyclic) bond motifs is 1. The van der Waals surface area contributed by atoms with Crippen LogP contribution in [0.3, 0.4) is 0 Å². The van der Waals surface area contributed by atoms with Crippen molar-refractivity contribution >= 4 is 26.9 Å². The van der Waals surface area contributed by atoms with Crippen molar-refractivity contribution in [1.29, 1.82) is 0 Å². The summed E-state index contributed by atoms with van der Waals surface area (Å²) in [6, 6.07) is 7.11. The second kappa shape index (κ2) is 4.42. The zero-order valence-electron chi connectivity index (χ0n) is 9.34. The molecule has 0 fully saturated rings. The molecule has 0 saturated carbocycles. The van der Waals surface area contributed by atoms with Gasteiger partial charge in [-0.2, -0.15) is 0 Å². The van der Waals surface area contributed by atoms with E-state index >= 15 is 0 Å². The summed E-state index contributed by atoms with van der Waals surface area (Å²) >= 11 is 3.42. The Bertz CT molecular complexity index is 747. The third-order valence-electron chi connectivity index (χ3n) is 2.70. The Labute approximate surface area is 111 Å². The van der Waals surface area contributed by atoms with E-state index in [-0.39, 0.29) is 5.63 Å². The van der Waals surface area contributed by atoms with Crippen LogP contribution in [0.15, 0.2) is 56.7 Å². The lowest BCUT2D eigenvalue weighted by molar-refractivity contribution is 0.557. The molecule has 1 aromatic carbocycles. The second-order valence-corrected chi connectivity index (χ2v) is 4.88. The molecule has 18 heavy (non-hydrogen) atoms. The van der Waals surface area contributed by atoms with E-state index in [1.807, 2.05) is 22.9 Å². The molecule has 0 bridgehead atoms. The topological polar surface area (TPSA) is 48.0 Å². The highest BCUT2D eigenvalue weighted by Gasteiger charge is 2.06. The highest BCUT2D eigenvalue weighted by Crippen LogP contribution is 2.22. The van der Waals surface area contributed by atoms with Crippen LogP contribution in [-0.4, -0.2) is 9.55 Å². The van der Waals surface area contributed by atoms with Gasteiger partial charge in [0.15, 0.2) is 0 Å². The molecule has 5 heteroatoms. The van der Waals surface area contributed by atoms with Gasteiger partial charge in [0.1, 0.15) is 5.58 Å². The zero-order chi connectivity index (χ0) is 12.5. The van der Waals surface area contributed by atoms with Crippen LogP contribution in [0.1, 0.15) is 5.56 Å². The lowest BCUT2D eigenvalue weighted by Crippen LogP contribution is -2.04. The first-order valence-electron chi connectivity index (χ1n) is 5.40. The third-order valence-corrected chi connectivity index (χ3v) is 3.20. The molecule has 0 aliphatic rings. The highest BCUT2D eigenvalue weighted by molar-refractivity contribution is 9.10. The first-order chi connectivity index (χ1) is 8.72. The van der Waals surface area contributed by atoms with Gasteiger partial charge >= 0.3 is 5.63 Å². The zero-order valence-corrected chi connectivity index (χ0v) is 10.9. The van der Waals surface area contributed by atoms with Gasteiger partial charge in [-0.25, -0.2) is 9.78 Å². The minimum atomic E-state index is -0.333. The smallest absolute Gasteiger partial charge is 0.336 e. The number of benzene rings is 1. The maximum Gasteiger partial charge on any atom is 0.336 e. The predicted octanol–water partition coefficient (Wildman–Crippen LogP) is 2.80. The van der Waals surface area contributed by atoms with Gasteiger partial charge in [0, 0.05) is 34.9 Å². The van der Waals surface area contributed by atoms with Crippen molar-refractivity contribution in [2.45, 2.75) is 6.54 Å². The first kappa shape index (κ1) is 11.2. The van der Waals surface area contributed by atoms with Crippen LogP contribution in [0, 0.1) is 0 Å². The van der Waals surface area contributed by atoms with Crippen molar-refractivity contribution in [2.24, 2.45) is 0 Å². The summed E-state index contributed by atoms with van der Waals surface area (Å²) in [4.78, 5) is 15.5. The van der Waals surface area contributed by atoms with Crippen molar-refractivity contribution < 1.29 is 4.42 Å². The van der Waals surface area contributed by atoms with Gasteiger partial charge in [-0.1, -0.05) is 15.9 Å². The summed E-state index contributed by atoms with van der Waals surface area (Å²) in [5.41, 5.74) is 1.18. The van der Waals surface area contributed by atoms with Gasteiger partial charge in [0.2, 0.25) is 0 Å². The summed E-state index contributed by atoms with van der Waals surface area (Å²) in [6.07, 6.45) is 5.29. The fraction of sp³-hybridized carbons (Fsp3) is 0.0769. The Morgan fingerprint density at radius 2 is 2.22 bits per heavy atom. The van der Waals surface area contributed by atoms with Crippen LogP contribution in [-0.2, 0) is 6.54 Å². The number of hydrogen-bond donors (Lipinski definition) is 0. The van der Waals surface area contributed by atoms with Gasteiger partial charge in [0.25, 0.3) is 0 Å². The van der Waals surface area contributed by atoms with Crippen molar-refractivity contribution in [1.82, 2.24) is 9.55 Å². The minimum absolute atomic E-state index is 0.333. The van der Waals surface area contributed by atoms with E-state index in [9.17, 15) is 4.79 Å². The van der Waals surface area contributed by atoms with Gasteiger partial charge in [-0.3, -0.25) is 0 Å². The van der Waals surface area contributed by atoms with E-state index in [0.717, 1.165) is 15.4 Å². The first-order valence-corrected chi connectivity index (χ1v) is 6.20.